The van der Waals surface area contributed by atoms with Crippen molar-refractivity contribution in [3.8, 4) is 5.75 Å². The minimum Gasteiger partial charge on any atom is -0.406 e. The van der Waals surface area contributed by atoms with E-state index >= 15 is 0 Å². The maximum Gasteiger partial charge on any atom is 0.573 e. The van der Waals surface area contributed by atoms with E-state index in [1.54, 1.807) is 18.2 Å². The van der Waals surface area contributed by atoms with Crippen LogP contribution >= 0.6 is 23.2 Å². The second-order valence-electron chi connectivity index (χ2n) is 8.13. The summed E-state index contributed by atoms with van der Waals surface area (Å²) in [6.07, 6.45) is -4.71. The van der Waals surface area contributed by atoms with Crippen LogP contribution in [0.3, 0.4) is 0 Å². The highest BCUT2D eigenvalue weighted by molar-refractivity contribution is 6.42. The van der Waals surface area contributed by atoms with Gasteiger partial charge >= 0.3 is 6.36 Å². The predicted molar refractivity (Wildman–Crippen MR) is 119 cm³/mol. The molecular weight excluding hydrogens is 512 g/mol. The third-order valence-electron chi connectivity index (χ3n) is 5.77. The second-order valence-corrected chi connectivity index (χ2v) is 8.95. The van der Waals surface area contributed by atoms with Crippen molar-refractivity contribution in [1.82, 2.24) is 10.2 Å². The summed E-state index contributed by atoms with van der Waals surface area (Å²) in [6, 6.07) is 7.27. The van der Waals surface area contributed by atoms with Crippen LogP contribution in [0.15, 0.2) is 42.5 Å². The standard InChI is InChI=1S/C23H19Cl2F3N2O5/c24-15-6-1-12(9-16(15)25)10-17(22(33)30-8-7-19-20(30)18(31)11-34-19)29-21(32)13-2-4-14(5-3-13)35-23(26,27)28/h1-6,9,17,19-20H,7-8,10-11H2,(H,29,32). The van der Waals surface area contributed by atoms with Crippen LogP contribution in [-0.4, -0.2) is 60.2 Å². The number of hydrogen-bond donors (Lipinski definition) is 1. The minimum absolute atomic E-state index is 0.0195. The highest BCUT2D eigenvalue weighted by Gasteiger charge is 2.48. The molecule has 3 atom stereocenters. The fraction of sp³-hybridized carbons (Fsp3) is 0.348. The molecule has 2 aromatic rings. The minimum atomic E-state index is -4.86. The Bertz CT molecular complexity index is 1140. The van der Waals surface area contributed by atoms with Crippen molar-refractivity contribution in [2.75, 3.05) is 13.2 Å². The maximum absolute atomic E-state index is 13.5. The number of amides is 2. The Kier molecular flexibility index (Phi) is 7.25. The molecule has 12 heteroatoms. The summed E-state index contributed by atoms with van der Waals surface area (Å²) >= 11 is 12.1. The molecule has 2 aromatic carbocycles. The first-order chi connectivity index (χ1) is 16.5. The highest BCUT2D eigenvalue weighted by Crippen LogP contribution is 2.29. The number of Topliss-reactive ketones (excluding diaryl/α,β-unsaturated/α-hetero) is 1. The van der Waals surface area contributed by atoms with E-state index in [0.29, 0.717) is 17.0 Å². The molecule has 7 nitrogen and oxygen atoms in total. The number of nitrogens with zero attached hydrogens (tertiary/aromatic N) is 1. The molecule has 3 unspecified atom stereocenters. The van der Waals surface area contributed by atoms with Gasteiger partial charge in [-0.1, -0.05) is 29.3 Å². The zero-order valence-electron chi connectivity index (χ0n) is 18.0. The van der Waals surface area contributed by atoms with E-state index in [2.05, 4.69) is 10.1 Å². The number of alkyl halides is 3. The average Bonchev–Trinajstić information content (AvgIpc) is 3.37. The van der Waals surface area contributed by atoms with Crippen LogP contribution in [0, 0.1) is 0 Å². The van der Waals surface area contributed by atoms with Crippen LogP contribution in [0.1, 0.15) is 22.3 Å². The van der Waals surface area contributed by atoms with E-state index in [0.717, 1.165) is 24.3 Å². The van der Waals surface area contributed by atoms with E-state index in [9.17, 15) is 27.6 Å². The van der Waals surface area contributed by atoms with Gasteiger partial charge in [-0.05, 0) is 48.4 Å². The molecule has 4 rings (SSSR count). The van der Waals surface area contributed by atoms with E-state index in [4.69, 9.17) is 27.9 Å². The zero-order valence-corrected chi connectivity index (χ0v) is 19.5. The van der Waals surface area contributed by atoms with Crippen LogP contribution < -0.4 is 10.1 Å². The molecule has 0 bridgehead atoms. The van der Waals surface area contributed by atoms with Crippen molar-refractivity contribution >= 4 is 40.8 Å². The van der Waals surface area contributed by atoms with Crippen molar-refractivity contribution in [2.45, 2.75) is 37.4 Å². The quantitative estimate of drug-likeness (QED) is 0.614. The van der Waals surface area contributed by atoms with E-state index in [1.807, 2.05) is 0 Å². The van der Waals surface area contributed by atoms with Gasteiger partial charge < -0.3 is 19.7 Å². The molecule has 2 heterocycles. The number of hydrogen-bond acceptors (Lipinski definition) is 5. The highest BCUT2D eigenvalue weighted by atomic mass is 35.5. The van der Waals surface area contributed by atoms with E-state index in [1.165, 1.54) is 4.90 Å². The van der Waals surface area contributed by atoms with Gasteiger partial charge in [0.25, 0.3) is 5.91 Å². The summed E-state index contributed by atoms with van der Waals surface area (Å²) in [6.45, 7) is 0.215. The molecule has 0 aliphatic carbocycles. The zero-order chi connectivity index (χ0) is 25.3. The number of ketones is 1. The van der Waals surface area contributed by atoms with Crippen LogP contribution in [0.25, 0.3) is 0 Å². The maximum atomic E-state index is 13.5. The van der Waals surface area contributed by atoms with Crippen LogP contribution in [0.5, 0.6) is 5.75 Å². The Morgan fingerprint density at radius 1 is 1.14 bits per heavy atom. The summed E-state index contributed by atoms with van der Waals surface area (Å²) in [5.41, 5.74) is 0.628. The van der Waals surface area contributed by atoms with Gasteiger partial charge in [0.15, 0.2) is 5.78 Å². The molecule has 35 heavy (non-hydrogen) atoms. The molecule has 2 saturated heterocycles. The van der Waals surface area contributed by atoms with Gasteiger partial charge in [0.2, 0.25) is 5.91 Å². The van der Waals surface area contributed by atoms with Gasteiger partial charge in [0, 0.05) is 18.5 Å². The number of halogens is 5. The largest absolute Gasteiger partial charge is 0.573 e. The van der Waals surface area contributed by atoms with Gasteiger partial charge in [-0.15, -0.1) is 13.2 Å². The smallest absolute Gasteiger partial charge is 0.406 e. The van der Waals surface area contributed by atoms with Crippen molar-refractivity contribution in [3.63, 3.8) is 0 Å². The summed E-state index contributed by atoms with van der Waals surface area (Å²) in [5, 5.41) is 3.22. The number of rotatable bonds is 6. The normalized spacial score (nSPS) is 20.5. The summed E-state index contributed by atoms with van der Waals surface area (Å²) in [5.74, 6) is -1.86. The van der Waals surface area contributed by atoms with Gasteiger partial charge in [-0.3, -0.25) is 14.4 Å². The van der Waals surface area contributed by atoms with Crippen molar-refractivity contribution in [3.05, 3.63) is 63.6 Å². The molecule has 186 valence electrons. The molecule has 2 fully saturated rings. The van der Waals surface area contributed by atoms with E-state index < -0.39 is 36.0 Å². The molecular formula is C23H19Cl2F3N2O5. The second kappa shape index (κ2) is 10.0. The number of fused-ring (bicyclic) bond motifs is 1. The third-order valence-corrected chi connectivity index (χ3v) is 6.51. The van der Waals surface area contributed by atoms with Crippen LogP contribution in [0.2, 0.25) is 10.0 Å². The third kappa shape index (κ3) is 5.88. The molecule has 0 saturated carbocycles. The topological polar surface area (TPSA) is 84.9 Å². The van der Waals surface area contributed by atoms with Gasteiger partial charge in [-0.25, -0.2) is 0 Å². The first kappa shape index (κ1) is 25.3. The Labute approximate surface area is 208 Å². The van der Waals surface area contributed by atoms with Crippen molar-refractivity contribution in [2.24, 2.45) is 0 Å². The lowest BCUT2D eigenvalue weighted by atomic mass is 10.0. The monoisotopic (exact) mass is 530 g/mol. The lowest BCUT2D eigenvalue weighted by Crippen LogP contribution is -2.53. The molecule has 2 amide bonds. The summed E-state index contributed by atoms with van der Waals surface area (Å²) < 4.78 is 46.4. The molecule has 0 spiro atoms. The first-order valence-electron chi connectivity index (χ1n) is 10.6. The molecule has 1 N–H and O–H groups in total. The number of ether oxygens (including phenoxy) is 2. The number of carbonyl (C=O) groups is 3. The van der Waals surface area contributed by atoms with Gasteiger partial charge in [0.1, 0.15) is 24.4 Å². The first-order valence-corrected chi connectivity index (χ1v) is 11.3. The van der Waals surface area contributed by atoms with Crippen molar-refractivity contribution in [1.29, 1.82) is 0 Å². The number of benzene rings is 2. The van der Waals surface area contributed by atoms with Crippen LogP contribution in [0.4, 0.5) is 13.2 Å². The summed E-state index contributed by atoms with van der Waals surface area (Å²) in [4.78, 5) is 40.0. The predicted octanol–water partition coefficient (Wildman–Crippen LogP) is 3.80. The SMILES string of the molecule is O=C(NC(Cc1ccc(Cl)c(Cl)c1)C(=O)N1CCC2OCC(=O)C21)c1ccc(OC(F)(F)F)cc1. The fourth-order valence-electron chi connectivity index (χ4n) is 4.19. The number of carbonyl (C=O) groups excluding carboxylic acids is 3. The number of nitrogens with one attached hydrogen (secondary N) is 1. The average molecular weight is 531 g/mol. The van der Waals surface area contributed by atoms with Crippen molar-refractivity contribution < 1.29 is 37.0 Å². The lowest BCUT2D eigenvalue weighted by Gasteiger charge is -2.27. The van der Waals surface area contributed by atoms with Gasteiger partial charge in [0.05, 0.1) is 16.1 Å². The van der Waals surface area contributed by atoms with Gasteiger partial charge in [-0.2, -0.15) is 0 Å². The number of likely N-dealkylation sites (tertiary alicyclic amines) is 1. The molecule has 0 radical (unpaired) electrons. The molecule has 0 aromatic heterocycles. The Morgan fingerprint density at radius 2 is 1.86 bits per heavy atom. The summed E-state index contributed by atoms with van der Waals surface area (Å²) in [7, 11) is 0. The molecule has 2 aliphatic heterocycles. The molecule has 2 aliphatic rings. The lowest BCUT2D eigenvalue weighted by molar-refractivity contribution is -0.274. The Balaban J connectivity index is 1.55. The Hall–Kier alpha value is -2.82. The Morgan fingerprint density at radius 3 is 2.51 bits per heavy atom. The van der Waals surface area contributed by atoms with Crippen LogP contribution in [-0.2, 0) is 20.7 Å². The fourth-order valence-corrected chi connectivity index (χ4v) is 4.51. The van der Waals surface area contributed by atoms with E-state index in [-0.39, 0.29) is 42.0 Å².